The maximum absolute atomic E-state index is 11.5. The lowest BCUT2D eigenvalue weighted by atomic mass is 9.85. The minimum atomic E-state index is -0.0549. The number of hydrogen-bond acceptors (Lipinski definition) is 2. The van der Waals surface area contributed by atoms with Crippen LogP contribution in [0.5, 0.6) is 0 Å². The Morgan fingerprint density at radius 2 is 1.95 bits per heavy atom. The van der Waals surface area contributed by atoms with Gasteiger partial charge in [-0.15, -0.1) is 0 Å². The molecule has 0 aromatic heterocycles. The number of hydrogen-bond donors (Lipinski definition) is 1. The van der Waals surface area contributed by atoms with Crippen LogP contribution < -0.4 is 5.32 Å². The van der Waals surface area contributed by atoms with Crippen LogP contribution in [0.4, 0.5) is 5.69 Å². The fourth-order valence-electron chi connectivity index (χ4n) is 2.74. The van der Waals surface area contributed by atoms with E-state index in [0.717, 1.165) is 24.9 Å². The molecule has 20 heavy (non-hydrogen) atoms. The summed E-state index contributed by atoms with van der Waals surface area (Å²) in [6.07, 6.45) is 5.51. The first-order chi connectivity index (χ1) is 9.52. The van der Waals surface area contributed by atoms with Crippen molar-refractivity contribution in [3.63, 3.8) is 0 Å². The average Bonchev–Trinajstić information content (AvgIpc) is 2.36. The minimum absolute atomic E-state index is 0.0549. The number of amides is 1. The molecular weight excluding hydrogens is 250 g/mol. The monoisotopic (exact) mass is 271 g/mol. The standard InChI is InChI=1S/C17H21NO2/c1-12-9-15(11-17(20)10-12)4-3-14-5-7-16(8-6-14)18-13(2)19/h5-8,10,15H,3-4,9,11H2,1-2H3,(H,18,19)/t15-/m0/s1. The Balaban J connectivity index is 1.86. The summed E-state index contributed by atoms with van der Waals surface area (Å²) in [7, 11) is 0. The fourth-order valence-corrected chi connectivity index (χ4v) is 2.74. The lowest BCUT2D eigenvalue weighted by Crippen LogP contribution is -2.14. The Morgan fingerprint density at radius 3 is 2.55 bits per heavy atom. The van der Waals surface area contributed by atoms with Gasteiger partial charge >= 0.3 is 0 Å². The van der Waals surface area contributed by atoms with Gasteiger partial charge in [0.2, 0.25) is 5.91 Å². The fraction of sp³-hybridized carbons (Fsp3) is 0.412. The van der Waals surface area contributed by atoms with E-state index in [1.165, 1.54) is 18.1 Å². The molecule has 0 saturated carbocycles. The Bertz CT molecular complexity index is 528. The van der Waals surface area contributed by atoms with E-state index in [4.69, 9.17) is 0 Å². The molecule has 1 aliphatic rings. The molecule has 1 aromatic rings. The van der Waals surface area contributed by atoms with Gasteiger partial charge in [-0.25, -0.2) is 0 Å². The number of carbonyl (C=O) groups is 2. The molecule has 0 spiro atoms. The molecule has 0 radical (unpaired) electrons. The third-order valence-corrected chi connectivity index (χ3v) is 3.62. The van der Waals surface area contributed by atoms with Gasteiger partial charge in [0.25, 0.3) is 0 Å². The molecule has 0 unspecified atom stereocenters. The van der Waals surface area contributed by atoms with Crippen LogP contribution in [0.15, 0.2) is 35.9 Å². The average molecular weight is 271 g/mol. The molecule has 1 aromatic carbocycles. The highest BCUT2D eigenvalue weighted by molar-refractivity contribution is 5.91. The quantitative estimate of drug-likeness (QED) is 0.911. The van der Waals surface area contributed by atoms with Crippen molar-refractivity contribution in [1.82, 2.24) is 0 Å². The highest BCUT2D eigenvalue weighted by Crippen LogP contribution is 2.26. The predicted octanol–water partition coefficient (Wildman–Crippen LogP) is 3.50. The smallest absolute Gasteiger partial charge is 0.221 e. The zero-order valence-electron chi connectivity index (χ0n) is 12.1. The summed E-state index contributed by atoms with van der Waals surface area (Å²) in [5.74, 6) is 0.683. The molecule has 3 heteroatoms. The van der Waals surface area contributed by atoms with E-state index in [0.29, 0.717) is 12.3 Å². The van der Waals surface area contributed by atoms with E-state index < -0.39 is 0 Å². The Kier molecular flexibility index (Phi) is 4.72. The van der Waals surface area contributed by atoms with Gasteiger partial charge in [-0.2, -0.15) is 0 Å². The Morgan fingerprint density at radius 1 is 1.25 bits per heavy atom. The lowest BCUT2D eigenvalue weighted by molar-refractivity contribution is -0.116. The Hall–Kier alpha value is -1.90. The number of allylic oxidation sites excluding steroid dienone is 2. The summed E-state index contributed by atoms with van der Waals surface area (Å²) in [5, 5.41) is 2.76. The number of benzene rings is 1. The molecule has 0 aliphatic heterocycles. The molecule has 106 valence electrons. The van der Waals surface area contributed by atoms with Crippen molar-refractivity contribution >= 4 is 17.4 Å². The number of anilines is 1. The number of nitrogens with one attached hydrogen (secondary N) is 1. The van der Waals surface area contributed by atoms with Crippen LogP contribution in [0.3, 0.4) is 0 Å². The minimum Gasteiger partial charge on any atom is -0.326 e. The van der Waals surface area contributed by atoms with Gasteiger partial charge in [0.05, 0.1) is 0 Å². The molecule has 0 bridgehead atoms. The topological polar surface area (TPSA) is 46.2 Å². The summed E-state index contributed by atoms with van der Waals surface area (Å²) in [6.45, 7) is 3.54. The molecular formula is C17H21NO2. The van der Waals surface area contributed by atoms with Crippen LogP contribution in [0, 0.1) is 5.92 Å². The summed E-state index contributed by atoms with van der Waals surface area (Å²) in [6, 6.07) is 7.93. The normalized spacial score (nSPS) is 18.6. The first kappa shape index (κ1) is 14.5. The van der Waals surface area contributed by atoms with Crippen LogP contribution in [0.2, 0.25) is 0 Å². The van der Waals surface area contributed by atoms with E-state index in [2.05, 4.69) is 5.32 Å². The van der Waals surface area contributed by atoms with Crippen molar-refractivity contribution in [2.45, 2.75) is 39.5 Å². The summed E-state index contributed by atoms with van der Waals surface area (Å²) in [5.41, 5.74) is 3.28. The van der Waals surface area contributed by atoms with Crippen LogP contribution in [0.1, 0.15) is 38.7 Å². The first-order valence-electron chi connectivity index (χ1n) is 7.09. The molecule has 2 rings (SSSR count). The van der Waals surface area contributed by atoms with Crippen LogP contribution in [0.25, 0.3) is 0 Å². The van der Waals surface area contributed by atoms with Gasteiger partial charge in [0, 0.05) is 19.0 Å². The van der Waals surface area contributed by atoms with Crippen LogP contribution >= 0.6 is 0 Å². The first-order valence-corrected chi connectivity index (χ1v) is 7.09. The van der Waals surface area contributed by atoms with Crippen molar-refractivity contribution < 1.29 is 9.59 Å². The van der Waals surface area contributed by atoms with E-state index in [1.807, 2.05) is 31.2 Å². The summed E-state index contributed by atoms with van der Waals surface area (Å²) >= 11 is 0. The van der Waals surface area contributed by atoms with Gasteiger partial charge in [0.1, 0.15) is 0 Å². The highest BCUT2D eigenvalue weighted by Gasteiger charge is 2.18. The molecule has 3 nitrogen and oxygen atoms in total. The molecule has 1 N–H and O–H groups in total. The summed E-state index contributed by atoms with van der Waals surface area (Å²) < 4.78 is 0. The zero-order chi connectivity index (χ0) is 14.5. The molecule has 0 saturated heterocycles. The second-order valence-electron chi connectivity index (χ2n) is 5.65. The van der Waals surface area contributed by atoms with Gasteiger partial charge in [-0.1, -0.05) is 17.7 Å². The van der Waals surface area contributed by atoms with Crippen molar-refractivity contribution in [2.24, 2.45) is 5.92 Å². The van der Waals surface area contributed by atoms with Crippen LogP contribution in [-0.4, -0.2) is 11.7 Å². The second kappa shape index (κ2) is 6.51. The van der Waals surface area contributed by atoms with Crippen molar-refractivity contribution in [2.75, 3.05) is 5.32 Å². The largest absolute Gasteiger partial charge is 0.326 e. The van der Waals surface area contributed by atoms with E-state index in [1.54, 1.807) is 6.08 Å². The summed E-state index contributed by atoms with van der Waals surface area (Å²) in [4.78, 5) is 22.5. The second-order valence-corrected chi connectivity index (χ2v) is 5.65. The predicted molar refractivity (Wildman–Crippen MR) is 80.6 cm³/mol. The number of ketones is 1. The molecule has 0 fully saturated rings. The van der Waals surface area contributed by atoms with Gasteiger partial charge in [0.15, 0.2) is 5.78 Å². The van der Waals surface area contributed by atoms with Gasteiger partial charge < -0.3 is 5.32 Å². The molecule has 1 atom stereocenters. The van der Waals surface area contributed by atoms with Gasteiger partial charge in [-0.05, 0) is 55.9 Å². The third kappa shape index (κ3) is 4.34. The number of carbonyl (C=O) groups excluding carboxylic acids is 2. The number of aryl methyl sites for hydroxylation is 1. The molecule has 1 amide bonds. The van der Waals surface area contributed by atoms with Crippen molar-refractivity contribution in [3.05, 3.63) is 41.5 Å². The van der Waals surface area contributed by atoms with E-state index in [-0.39, 0.29) is 11.7 Å². The van der Waals surface area contributed by atoms with Gasteiger partial charge in [-0.3, -0.25) is 9.59 Å². The van der Waals surface area contributed by atoms with E-state index in [9.17, 15) is 9.59 Å². The third-order valence-electron chi connectivity index (χ3n) is 3.62. The van der Waals surface area contributed by atoms with Crippen molar-refractivity contribution in [1.29, 1.82) is 0 Å². The lowest BCUT2D eigenvalue weighted by Gasteiger charge is -2.20. The van der Waals surface area contributed by atoms with Crippen molar-refractivity contribution in [3.8, 4) is 0 Å². The molecule has 0 heterocycles. The molecule has 1 aliphatic carbocycles. The number of rotatable bonds is 4. The Labute approximate surface area is 120 Å². The maximum Gasteiger partial charge on any atom is 0.221 e. The highest BCUT2D eigenvalue weighted by atomic mass is 16.1. The van der Waals surface area contributed by atoms with E-state index >= 15 is 0 Å². The maximum atomic E-state index is 11.5. The van der Waals surface area contributed by atoms with Crippen LogP contribution in [-0.2, 0) is 16.0 Å². The zero-order valence-corrected chi connectivity index (χ0v) is 12.1. The SMILES string of the molecule is CC(=O)Nc1ccc(CC[C@@H]2CC(=O)C=C(C)C2)cc1.